The number of ether oxygens (including phenoxy) is 1. The van der Waals surface area contributed by atoms with Crippen LogP contribution in [-0.2, 0) is 19.3 Å². The van der Waals surface area contributed by atoms with E-state index in [4.69, 9.17) is 9.15 Å². The first kappa shape index (κ1) is 14.2. The Morgan fingerprint density at radius 2 is 2.19 bits per heavy atom. The van der Waals surface area contributed by atoms with E-state index in [9.17, 15) is 0 Å². The van der Waals surface area contributed by atoms with Gasteiger partial charge in [0.25, 0.3) is 0 Å². The highest BCUT2D eigenvalue weighted by molar-refractivity contribution is 5.39. The quantitative estimate of drug-likeness (QED) is 0.847. The van der Waals surface area contributed by atoms with E-state index in [0.29, 0.717) is 6.04 Å². The predicted octanol–water partition coefficient (Wildman–Crippen LogP) is 3.37. The molecule has 0 bridgehead atoms. The van der Waals surface area contributed by atoms with E-state index < -0.39 is 0 Å². The zero-order valence-corrected chi connectivity index (χ0v) is 12.6. The Labute approximate surface area is 126 Å². The van der Waals surface area contributed by atoms with Crippen LogP contribution in [0.15, 0.2) is 41.0 Å². The highest BCUT2D eigenvalue weighted by Gasteiger charge is 2.11. The zero-order valence-electron chi connectivity index (χ0n) is 12.6. The summed E-state index contributed by atoms with van der Waals surface area (Å²) in [6, 6.07) is 11.1. The largest absolute Gasteiger partial charge is 0.493 e. The van der Waals surface area contributed by atoms with Gasteiger partial charge in [0.2, 0.25) is 0 Å². The van der Waals surface area contributed by atoms with E-state index in [0.717, 1.165) is 50.3 Å². The molecule has 0 spiro atoms. The molecular formula is C18H23NO2. The van der Waals surface area contributed by atoms with Gasteiger partial charge in [-0.25, -0.2) is 0 Å². The summed E-state index contributed by atoms with van der Waals surface area (Å²) in [6.07, 6.45) is 5.96. The molecule has 1 aromatic heterocycles. The van der Waals surface area contributed by atoms with Crippen molar-refractivity contribution in [2.75, 3.05) is 13.2 Å². The van der Waals surface area contributed by atoms with Crippen LogP contribution in [0.4, 0.5) is 0 Å². The average Bonchev–Trinajstić information content (AvgIpc) is 3.16. The second-order valence-corrected chi connectivity index (χ2v) is 5.76. The zero-order chi connectivity index (χ0) is 14.5. The molecule has 1 atom stereocenters. The first-order chi connectivity index (χ1) is 10.3. The maximum absolute atomic E-state index is 5.54. The van der Waals surface area contributed by atoms with E-state index in [1.54, 1.807) is 6.26 Å². The number of fused-ring (bicyclic) bond motifs is 1. The molecule has 1 N–H and O–H groups in total. The van der Waals surface area contributed by atoms with E-state index in [2.05, 4.69) is 30.4 Å². The van der Waals surface area contributed by atoms with Crippen molar-refractivity contribution in [1.82, 2.24) is 5.32 Å². The third-order valence-electron chi connectivity index (χ3n) is 4.06. The Balaban J connectivity index is 1.39. The molecule has 21 heavy (non-hydrogen) atoms. The fraction of sp³-hybridized carbons (Fsp3) is 0.444. The predicted molar refractivity (Wildman–Crippen MR) is 83.8 cm³/mol. The number of benzene rings is 1. The summed E-state index contributed by atoms with van der Waals surface area (Å²) in [7, 11) is 0. The Morgan fingerprint density at radius 1 is 1.24 bits per heavy atom. The molecule has 0 saturated carbocycles. The molecule has 0 radical (unpaired) electrons. The molecule has 1 aliphatic heterocycles. The van der Waals surface area contributed by atoms with Crippen LogP contribution >= 0.6 is 0 Å². The smallest absolute Gasteiger partial charge is 0.122 e. The number of hydrogen-bond donors (Lipinski definition) is 1. The monoisotopic (exact) mass is 285 g/mol. The van der Waals surface area contributed by atoms with E-state index >= 15 is 0 Å². The van der Waals surface area contributed by atoms with Gasteiger partial charge in [0.15, 0.2) is 0 Å². The highest BCUT2D eigenvalue weighted by atomic mass is 16.5. The molecule has 2 heterocycles. The SMILES string of the molecule is CC(CCc1ccco1)NCCc1ccc2c(c1)CCO2. The van der Waals surface area contributed by atoms with Crippen molar-refractivity contribution >= 4 is 0 Å². The van der Waals surface area contributed by atoms with Crippen LogP contribution in [0.2, 0.25) is 0 Å². The Bertz CT molecular complexity index is 563. The summed E-state index contributed by atoms with van der Waals surface area (Å²) in [5, 5.41) is 3.59. The highest BCUT2D eigenvalue weighted by Crippen LogP contribution is 2.25. The molecular weight excluding hydrogens is 262 g/mol. The summed E-state index contributed by atoms with van der Waals surface area (Å²) < 4.78 is 10.9. The Kier molecular flexibility index (Phi) is 4.61. The van der Waals surface area contributed by atoms with Gasteiger partial charge in [0.1, 0.15) is 11.5 Å². The fourth-order valence-corrected chi connectivity index (χ4v) is 2.77. The first-order valence-electron chi connectivity index (χ1n) is 7.81. The molecule has 0 amide bonds. The van der Waals surface area contributed by atoms with Crippen LogP contribution in [0.25, 0.3) is 0 Å². The molecule has 3 heteroatoms. The fourth-order valence-electron chi connectivity index (χ4n) is 2.77. The maximum Gasteiger partial charge on any atom is 0.122 e. The summed E-state index contributed by atoms with van der Waals surface area (Å²) >= 11 is 0. The molecule has 1 unspecified atom stereocenters. The maximum atomic E-state index is 5.54. The van der Waals surface area contributed by atoms with Crippen LogP contribution in [0.1, 0.15) is 30.2 Å². The van der Waals surface area contributed by atoms with Crippen LogP contribution in [0.5, 0.6) is 5.75 Å². The summed E-state index contributed by atoms with van der Waals surface area (Å²) in [6.45, 7) is 4.08. The molecule has 0 fully saturated rings. The van der Waals surface area contributed by atoms with E-state index in [-0.39, 0.29) is 0 Å². The third-order valence-corrected chi connectivity index (χ3v) is 4.06. The summed E-state index contributed by atoms with van der Waals surface area (Å²) in [5.41, 5.74) is 2.75. The number of aryl methyl sites for hydroxylation is 1. The lowest BCUT2D eigenvalue weighted by Gasteiger charge is -2.13. The van der Waals surface area contributed by atoms with Gasteiger partial charge in [0.05, 0.1) is 12.9 Å². The minimum absolute atomic E-state index is 0.507. The number of hydrogen-bond acceptors (Lipinski definition) is 3. The minimum Gasteiger partial charge on any atom is -0.493 e. The molecule has 0 aliphatic carbocycles. The van der Waals surface area contributed by atoms with Crippen molar-refractivity contribution < 1.29 is 9.15 Å². The number of rotatable bonds is 7. The first-order valence-corrected chi connectivity index (χ1v) is 7.81. The van der Waals surface area contributed by atoms with Crippen LogP contribution < -0.4 is 10.1 Å². The van der Waals surface area contributed by atoms with Gasteiger partial charge in [-0.3, -0.25) is 0 Å². The lowest BCUT2D eigenvalue weighted by atomic mass is 10.1. The summed E-state index contributed by atoms with van der Waals surface area (Å²) in [5.74, 6) is 2.14. The molecule has 2 aromatic rings. The van der Waals surface area contributed by atoms with Crippen LogP contribution in [0.3, 0.4) is 0 Å². The van der Waals surface area contributed by atoms with Gasteiger partial charge >= 0.3 is 0 Å². The lowest BCUT2D eigenvalue weighted by molar-refractivity contribution is 0.357. The van der Waals surface area contributed by atoms with Gasteiger partial charge < -0.3 is 14.5 Å². The molecule has 0 saturated heterocycles. The third kappa shape index (κ3) is 3.88. The second-order valence-electron chi connectivity index (χ2n) is 5.76. The Hall–Kier alpha value is -1.74. The molecule has 1 aliphatic rings. The molecule has 3 nitrogen and oxygen atoms in total. The molecule has 3 rings (SSSR count). The van der Waals surface area contributed by atoms with Crippen molar-refractivity contribution in [3.05, 3.63) is 53.5 Å². The van der Waals surface area contributed by atoms with Gasteiger partial charge in [-0.1, -0.05) is 12.1 Å². The molecule has 1 aromatic carbocycles. The van der Waals surface area contributed by atoms with Crippen molar-refractivity contribution in [1.29, 1.82) is 0 Å². The normalized spacial score (nSPS) is 14.7. The van der Waals surface area contributed by atoms with Gasteiger partial charge in [-0.05, 0) is 55.6 Å². The average molecular weight is 285 g/mol. The van der Waals surface area contributed by atoms with E-state index in [1.807, 2.05) is 12.1 Å². The van der Waals surface area contributed by atoms with Crippen molar-refractivity contribution in [2.24, 2.45) is 0 Å². The van der Waals surface area contributed by atoms with Crippen LogP contribution in [-0.4, -0.2) is 19.2 Å². The van der Waals surface area contributed by atoms with Gasteiger partial charge in [-0.2, -0.15) is 0 Å². The topological polar surface area (TPSA) is 34.4 Å². The number of nitrogens with one attached hydrogen (secondary N) is 1. The number of furan rings is 1. The van der Waals surface area contributed by atoms with Crippen molar-refractivity contribution in [2.45, 2.75) is 38.6 Å². The van der Waals surface area contributed by atoms with E-state index in [1.165, 1.54) is 11.1 Å². The van der Waals surface area contributed by atoms with Gasteiger partial charge in [-0.15, -0.1) is 0 Å². The van der Waals surface area contributed by atoms with Crippen molar-refractivity contribution in [3.63, 3.8) is 0 Å². The second kappa shape index (κ2) is 6.81. The standard InChI is InChI=1S/C18H23NO2/c1-14(4-6-17-3-2-11-20-17)19-10-8-15-5-7-18-16(13-15)9-12-21-18/h2-3,5,7,11,13-14,19H,4,6,8-10,12H2,1H3. The van der Waals surface area contributed by atoms with Crippen molar-refractivity contribution in [3.8, 4) is 5.75 Å². The van der Waals surface area contributed by atoms with Crippen LogP contribution in [0, 0.1) is 0 Å². The summed E-state index contributed by atoms with van der Waals surface area (Å²) in [4.78, 5) is 0. The molecule has 112 valence electrons. The minimum atomic E-state index is 0.507. The Morgan fingerprint density at radius 3 is 3.05 bits per heavy atom. The lowest BCUT2D eigenvalue weighted by Crippen LogP contribution is -2.28. The van der Waals surface area contributed by atoms with Gasteiger partial charge in [0, 0.05) is 18.9 Å².